The number of aromatic nitrogens is 3. The SMILES string of the molecule is N#Cc1cccc(S(=O)(=O)N2CCC(Nc3ncnc4[nH]ccc34)C2)c1. The second kappa shape index (κ2) is 6.40. The Kier molecular flexibility index (Phi) is 4.06. The first-order chi connectivity index (χ1) is 12.6. The van der Waals surface area contributed by atoms with Gasteiger partial charge in [-0.3, -0.25) is 0 Å². The highest BCUT2D eigenvalue weighted by Gasteiger charge is 2.33. The highest BCUT2D eigenvalue weighted by atomic mass is 32.2. The van der Waals surface area contributed by atoms with E-state index in [1.807, 2.05) is 12.1 Å². The van der Waals surface area contributed by atoms with E-state index >= 15 is 0 Å². The molecule has 9 heteroatoms. The van der Waals surface area contributed by atoms with Gasteiger partial charge in [-0.05, 0) is 30.7 Å². The fourth-order valence-electron chi connectivity index (χ4n) is 3.12. The Labute approximate surface area is 150 Å². The van der Waals surface area contributed by atoms with Gasteiger partial charge >= 0.3 is 0 Å². The predicted molar refractivity (Wildman–Crippen MR) is 95.8 cm³/mol. The van der Waals surface area contributed by atoms with E-state index in [1.54, 1.807) is 18.3 Å². The standard InChI is InChI=1S/C17H16N6O2S/c18-9-12-2-1-3-14(8-12)26(24,25)23-7-5-13(10-23)22-17-15-4-6-19-16(15)20-11-21-17/h1-4,6,8,11,13H,5,7,10H2,(H2,19,20,21,22). The molecule has 1 aliphatic rings. The van der Waals surface area contributed by atoms with Gasteiger partial charge in [-0.25, -0.2) is 18.4 Å². The number of nitrogens with one attached hydrogen (secondary N) is 2. The number of H-pyrrole nitrogens is 1. The molecule has 1 unspecified atom stereocenters. The molecule has 3 heterocycles. The van der Waals surface area contributed by atoms with E-state index in [4.69, 9.17) is 5.26 Å². The number of nitriles is 1. The molecule has 0 bridgehead atoms. The summed E-state index contributed by atoms with van der Waals surface area (Å²) in [6.45, 7) is 0.757. The van der Waals surface area contributed by atoms with E-state index in [0.717, 1.165) is 11.0 Å². The topological polar surface area (TPSA) is 115 Å². The van der Waals surface area contributed by atoms with Crippen molar-refractivity contribution in [3.05, 3.63) is 48.4 Å². The minimum atomic E-state index is -3.62. The first-order valence-electron chi connectivity index (χ1n) is 8.13. The zero-order valence-corrected chi connectivity index (χ0v) is 14.6. The average Bonchev–Trinajstić information content (AvgIpc) is 3.32. The maximum absolute atomic E-state index is 12.8. The Hall–Kier alpha value is -2.96. The zero-order valence-electron chi connectivity index (χ0n) is 13.8. The third-order valence-corrected chi connectivity index (χ3v) is 6.31. The van der Waals surface area contributed by atoms with Gasteiger partial charge in [-0.1, -0.05) is 6.07 Å². The van der Waals surface area contributed by atoms with Gasteiger partial charge in [0, 0.05) is 25.3 Å². The van der Waals surface area contributed by atoms with Crippen LogP contribution in [0.1, 0.15) is 12.0 Å². The normalized spacial score (nSPS) is 18.0. The summed E-state index contributed by atoms with van der Waals surface area (Å²) in [5, 5.41) is 13.2. The van der Waals surface area contributed by atoms with Crippen LogP contribution < -0.4 is 5.32 Å². The summed E-state index contributed by atoms with van der Waals surface area (Å²) in [6.07, 6.45) is 3.93. The van der Waals surface area contributed by atoms with Crippen molar-refractivity contribution in [2.24, 2.45) is 0 Å². The molecule has 26 heavy (non-hydrogen) atoms. The third-order valence-electron chi connectivity index (χ3n) is 4.45. The Balaban J connectivity index is 1.53. The third kappa shape index (κ3) is 2.89. The second-order valence-corrected chi connectivity index (χ2v) is 8.03. The van der Waals surface area contributed by atoms with Crippen molar-refractivity contribution in [3.63, 3.8) is 0 Å². The summed E-state index contributed by atoms with van der Waals surface area (Å²) in [7, 11) is -3.62. The van der Waals surface area contributed by atoms with Crippen molar-refractivity contribution in [1.29, 1.82) is 5.26 Å². The molecule has 1 saturated heterocycles. The van der Waals surface area contributed by atoms with Crippen LogP contribution in [0.3, 0.4) is 0 Å². The average molecular weight is 368 g/mol. The highest BCUT2D eigenvalue weighted by Crippen LogP contribution is 2.25. The van der Waals surface area contributed by atoms with Crippen molar-refractivity contribution >= 4 is 26.9 Å². The van der Waals surface area contributed by atoms with Gasteiger partial charge in [-0.2, -0.15) is 9.57 Å². The molecule has 1 atom stereocenters. The number of anilines is 1. The number of sulfonamides is 1. The molecule has 2 N–H and O–H groups in total. The Bertz CT molecular complexity index is 1100. The summed E-state index contributed by atoms with van der Waals surface area (Å²) in [4.78, 5) is 11.6. The number of nitrogens with zero attached hydrogens (tertiary/aromatic N) is 4. The van der Waals surface area contributed by atoms with Crippen molar-refractivity contribution in [3.8, 4) is 6.07 Å². The van der Waals surface area contributed by atoms with Gasteiger partial charge in [0.25, 0.3) is 0 Å². The zero-order chi connectivity index (χ0) is 18.1. The smallest absolute Gasteiger partial charge is 0.243 e. The lowest BCUT2D eigenvalue weighted by Crippen LogP contribution is -2.31. The lowest BCUT2D eigenvalue weighted by molar-refractivity contribution is 0.474. The van der Waals surface area contributed by atoms with E-state index in [1.165, 1.54) is 22.8 Å². The maximum Gasteiger partial charge on any atom is 0.243 e. The van der Waals surface area contributed by atoms with E-state index in [0.29, 0.717) is 30.9 Å². The van der Waals surface area contributed by atoms with Gasteiger partial charge < -0.3 is 10.3 Å². The molecule has 4 rings (SSSR count). The number of hydrogen-bond donors (Lipinski definition) is 2. The number of rotatable bonds is 4. The van der Waals surface area contributed by atoms with Gasteiger partial charge in [0.1, 0.15) is 17.8 Å². The van der Waals surface area contributed by atoms with E-state index < -0.39 is 10.0 Å². The molecule has 1 aliphatic heterocycles. The molecule has 1 fully saturated rings. The maximum atomic E-state index is 12.8. The molecule has 0 saturated carbocycles. The van der Waals surface area contributed by atoms with Crippen molar-refractivity contribution in [2.75, 3.05) is 18.4 Å². The molecule has 0 radical (unpaired) electrons. The van der Waals surface area contributed by atoms with Crippen molar-refractivity contribution in [2.45, 2.75) is 17.4 Å². The van der Waals surface area contributed by atoms with Gasteiger partial charge in [0.05, 0.1) is 21.9 Å². The summed E-state index contributed by atoms with van der Waals surface area (Å²) in [5.74, 6) is 0.687. The molecule has 0 spiro atoms. The summed E-state index contributed by atoms with van der Waals surface area (Å²) >= 11 is 0. The van der Waals surface area contributed by atoms with E-state index in [-0.39, 0.29) is 10.9 Å². The van der Waals surface area contributed by atoms with E-state index in [2.05, 4.69) is 20.3 Å². The number of fused-ring (bicyclic) bond motifs is 1. The van der Waals surface area contributed by atoms with Gasteiger partial charge in [0.2, 0.25) is 10.0 Å². The van der Waals surface area contributed by atoms with Gasteiger partial charge in [-0.15, -0.1) is 0 Å². The van der Waals surface area contributed by atoms with Crippen LogP contribution in [-0.4, -0.2) is 46.8 Å². The van der Waals surface area contributed by atoms with Crippen molar-refractivity contribution < 1.29 is 8.42 Å². The second-order valence-electron chi connectivity index (χ2n) is 6.09. The number of hydrogen-bond acceptors (Lipinski definition) is 6. The summed E-state index contributed by atoms with van der Waals surface area (Å²) < 4.78 is 27.1. The van der Waals surface area contributed by atoms with Crippen LogP contribution in [0.5, 0.6) is 0 Å². The first kappa shape index (κ1) is 16.5. The molecule has 1 aromatic carbocycles. The number of aromatic amines is 1. The van der Waals surface area contributed by atoms with Crippen LogP contribution >= 0.6 is 0 Å². The highest BCUT2D eigenvalue weighted by molar-refractivity contribution is 7.89. The van der Waals surface area contributed by atoms with Crippen LogP contribution in [-0.2, 0) is 10.0 Å². The monoisotopic (exact) mass is 368 g/mol. The molecule has 0 aliphatic carbocycles. The molecule has 3 aromatic rings. The minimum Gasteiger partial charge on any atom is -0.365 e. The fraction of sp³-hybridized carbons (Fsp3) is 0.235. The van der Waals surface area contributed by atoms with Crippen LogP contribution in [0, 0.1) is 11.3 Å². The predicted octanol–water partition coefficient (Wildman–Crippen LogP) is 1.70. The molecule has 2 aromatic heterocycles. The van der Waals surface area contributed by atoms with Gasteiger partial charge in [0.15, 0.2) is 0 Å². The van der Waals surface area contributed by atoms with Crippen LogP contribution in [0.15, 0.2) is 47.8 Å². The summed E-state index contributed by atoms with van der Waals surface area (Å²) in [5.41, 5.74) is 1.06. The lowest BCUT2D eigenvalue weighted by Gasteiger charge is -2.17. The molecule has 0 amide bonds. The van der Waals surface area contributed by atoms with Crippen molar-refractivity contribution in [1.82, 2.24) is 19.3 Å². The quantitative estimate of drug-likeness (QED) is 0.724. The molecule has 8 nitrogen and oxygen atoms in total. The fourth-order valence-corrected chi connectivity index (χ4v) is 4.67. The lowest BCUT2D eigenvalue weighted by atomic mass is 10.2. The Morgan fingerprint density at radius 1 is 1.31 bits per heavy atom. The van der Waals surface area contributed by atoms with Crippen LogP contribution in [0.4, 0.5) is 5.82 Å². The number of benzene rings is 1. The van der Waals surface area contributed by atoms with Crippen LogP contribution in [0.2, 0.25) is 0 Å². The molecular formula is C17H16N6O2S. The summed E-state index contributed by atoms with van der Waals surface area (Å²) in [6, 6.07) is 9.91. The first-order valence-corrected chi connectivity index (χ1v) is 9.57. The Morgan fingerprint density at radius 3 is 3.04 bits per heavy atom. The molecule has 132 valence electrons. The Morgan fingerprint density at radius 2 is 2.19 bits per heavy atom. The minimum absolute atomic E-state index is 0.0445. The largest absolute Gasteiger partial charge is 0.365 e. The van der Waals surface area contributed by atoms with Crippen LogP contribution in [0.25, 0.3) is 11.0 Å². The molecular weight excluding hydrogens is 352 g/mol. The van der Waals surface area contributed by atoms with E-state index in [9.17, 15) is 8.42 Å².